The lowest BCUT2D eigenvalue weighted by Crippen LogP contribution is -2.29. The topological polar surface area (TPSA) is 9.23 Å². The quantitative estimate of drug-likeness (QED) is 0.582. The van der Waals surface area contributed by atoms with Crippen molar-refractivity contribution >= 4 is 9.76 Å². The zero-order chi connectivity index (χ0) is 9.61. The molecule has 0 aliphatic carbocycles. The van der Waals surface area contributed by atoms with E-state index in [0.29, 0.717) is 0 Å². The van der Waals surface area contributed by atoms with Gasteiger partial charge in [-0.1, -0.05) is 34.1 Å². The lowest BCUT2D eigenvalue weighted by Gasteiger charge is -2.29. The van der Waals surface area contributed by atoms with E-state index in [-0.39, 0.29) is 15.4 Å². The van der Waals surface area contributed by atoms with E-state index in [1.807, 2.05) is 0 Å². The first-order valence-electron chi connectivity index (χ1n) is 5.22. The van der Waals surface area contributed by atoms with Crippen molar-refractivity contribution in [2.75, 3.05) is 0 Å². The Morgan fingerprint density at radius 2 is 1.75 bits per heavy atom. The van der Waals surface area contributed by atoms with Gasteiger partial charge in [-0.2, -0.15) is 0 Å². The molecule has 0 N–H and O–H groups in total. The van der Waals surface area contributed by atoms with Crippen molar-refractivity contribution in [2.24, 2.45) is 0 Å². The zero-order valence-electron chi connectivity index (χ0n) is 9.31. The van der Waals surface area contributed by atoms with Crippen molar-refractivity contribution in [3.05, 3.63) is 0 Å². The maximum Gasteiger partial charge on any atom is 0.165 e. The summed E-state index contributed by atoms with van der Waals surface area (Å²) in [6.45, 7) is 11.2. The minimum absolute atomic E-state index is 0.176. The van der Waals surface area contributed by atoms with E-state index in [0.717, 1.165) is 18.4 Å². The molecule has 0 aliphatic heterocycles. The fraction of sp³-hybridized carbons (Fsp3) is 1.00. The Morgan fingerprint density at radius 1 is 1.25 bits per heavy atom. The second kappa shape index (κ2) is 5.76. The molecule has 0 radical (unpaired) electrons. The van der Waals surface area contributed by atoms with Crippen molar-refractivity contribution in [1.29, 1.82) is 0 Å². The highest BCUT2D eigenvalue weighted by molar-refractivity contribution is 6.29. The van der Waals surface area contributed by atoms with E-state index in [1.54, 1.807) is 0 Å². The molecule has 0 fully saturated rings. The molecule has 0 saturated carbocycles. The number of hydrogen-bond donors (Lipinski definition) is 0. The molecule has 1 atom stereocenters. The van der Waals surface area contributed by atoms with Crippen LogP contribution in [0.5, 0.6) is 0 Å². The number of rotatable bonds is 6. The third kappa shape index (κ3) is 4.26. The largest absolute Gasteiger partial charge is 0.419 e. The fourth-order valence-corrected chi connectivity index (χ4v) is 2.25. The van der Waals surface area contributed by atoms with Gasteiger partial charge in [-0.15, -0.1) is 0 Å². The van der Waals surface area contributed by atoms with Crippen LogP contribution in [0.25, 0.3) is 0 Å². The van der Waals surface area contributed by atoms with Crippen molar-refractivity contribution < 1.29 is 4.43 Å². The third-order valence-corrected chi connectivity index (χ3v) is 4.92. The summed E-state index contributed by atoms with van der Waals surface area (Å²) >= 11 is 0. The smallest absolute Gasteiger partial charge is 0.165 e. The Balaban J connectivity index is 3.72. The van der Waals surface area contributed by atoms with Gasteiger partial charge in [0.2, 0.25) is 0 Å². The highest BCUT2D eigenvalue weighted by atomic mass is 28.2. The zero-order valence-corrected chi connectivity index (χ0v) is 10.7. The van der Waals surface area contributed by atoms with Crippen molar-refractivity contribution in [1.82, 2.24) is 0 Å². The molecular weight excluding hydrogens is 164 g/mol. The van der Waals surface area contributed by atoms with E-state index in [4.69, 9.17) is 4.43 Å². The molecule has 0 bridgehead atoms. The molecule has 2 heteroatoms. The molecule has 0 aromatic heterocycles. The van der Waals surface area contributed by atoms with E-state index in [1.165, 1.54) is 6.42 Å². The van der Waals surface area contributed by atoms with Crippen LogP contribution < -0.4 is 0 Å². The second-order valence-electron chi connectivity index (χ2n) is 3.98. The Morgan fingerprint density at radius 3 is 2.08 bits per heavy atom. The van der Waals surface area contributed by atoms with Crippen LogP contribution in [0.2, 0.25) is 5.54 Å². The van der Waals surface area contributed by atoms with Crippen LogP contribution in [-0.2, 0) is 4.43 Å². The SMILES string of the molecule is CCC(C)[SiH2]OC(C)(CC)CC. The van der Waals surface area contributed by atoms with Gasteiger partial charge in [0.1, 0.15) is 0 Å². The summed E-state index contributed by atoms with van der Waals surface area (Å²) in [6, 6.07) is 0. The molecule has 0 rings (SSSR count). The van der Waals surface area contributed by atoms with Gasteiger partial charge in [0.05, 0.1) is 5.60 Å². The first-order valence-corrected chi connectivity index (χ1v) is 6.61. The molecule has 74 valence electrons. The summed E-state index contributed by atoms with van der Waals surface area (Å²) < 4.78 is 6.02. The van der Waals surface area contributed by atoms with Crippen molar-refractivity contribution in [2.45, 2.75) is 65.0 Å². The molecule has 0 aliphatic rings. The van der Waals surface area contributed by atoms with Gasteiger partial charge in [-0.25, -0.2) is 0 Å². The van der Waals surface area contributed by atoms with E-state index in [9.17, 15) is 0 Å². The molecule has 1 unspecified atom stereocenters. The van der Waals surface area contributed by atoms with Crippen LogP contribution in [0, 0.1) is 0 Å². The Hall–Kier alpha value is 0.177. The fourth-order valence-electron chi connectivity index (χ4n) is 0.915. The Kier molecular flexibility index (Phi) is 5.84. The monoisotopic (exact) mass is 188 g/mol. The highest BCUT2D eigenvalue weighted by Gasteiger charge is 2.20. The van der Waals surface area contributed by atoms with E-state index < -0.39 is 0 Å². The highest BCUT2D eigenvalue weighted by Crippen LogP contribution is 2.21. The van der Waals surface area contributed by atoms with Crippen LogP contribution in [0.15, 0.2) is 0 Å². The molecule has 0 aromatic carbocycles. The van der Waals surface area contributed by atoms with Gasteiger partial charge in [0.15, 0.2) is 9.76 Å². The maximum absolute atomic E-state index is 6.02. The van der Waals surface area contributed by atoms with E-state index in [2.05, 4.69) is 34.6 Å². The lowest BCUT2D eigenvalue weighted by molar-refractivity contribution is 0.0831. The number of hydrogen-bond acceptors (Lipinski definition) is 1. The summed E-state index contributed by atoms with van der Waals surface area (Å²) in [7, 11) is -0.290. The third-order valence-electron chi connectivity index (χ3n) is 2.91. The van der Waals surface area contributed by atoms with Gasteiger partial charge in [-0.3, -0.25) is 0 Å². The molecule has 0 heterocycles. The average Bonchev–Trinajstić information content (AvgIpc) is 2.13. The van der Waals surface area contributed by atoms with Crippen LogP contribution in [0.3, 0.4) is 0 Å². The second-order valence-corrected chi connectivity index (χ2v) is 6.00. The van der Waals surface area contributed by atoms with Crippen LogP contribution in [-0.4, -0.2) is 15.4 Å². The molecular formula is C10H24OSi. The molecule has 0 aromatic rings. The predicted octanol–water partition coefficient (Wildman–Crippen LogP) is 2.88. The van der Waals surface area contributed by atoms with Gasteiger partial charge in [0, 0.05) is 0 Å². The summed E-state index contributed by atoms with van der Waals surface area (Å²) in [5, 5.41) is 0. The van der Waals surface area contributed by atoms with Gasteiger partial charge in [0.25, 0.3) is 0 Å². The van der Waals surface area contributed by atoms with Gasteiger partial charge in [-0.05, 0) is 25.3 Å². The van der Waals surface area contributed by atoms with Crippen LogP contribution in [0.1, 0.15) is 53.9 Å². The summed E-state index contributed by atoms with van der Waals surface area (Å²) in [5.41, 5.74) is 1.01. The average molecular weight is 188 g/mol. The predicted molar refractivity (Wildman–Crippen MR) is 58.3 cm³/mol. The molecule has 0 amide bonds. The van der Waals surface area contributed by atoms with Crippen LogP contribution in [0.4, 0.5) is 0 Å². The Labute approximate surface area is 79.8 Å². The van der Waals surface area contributed by atoms with E-state index >= 15 is 0 Å². The van der Waals surface area contributed by atoms with Crippen LogP contribution >= 0.6 is 0 Å². The van der Waals surface area contributed by atoms with Crippen molar-refractivity contribution in [3.63, 3.8) is 0 Å². The lowest BCUT2D eigenvalue weighted by atomic mass is 10.0. The summed E-state index contributed by atoms with van der Waals surface area (Å²) in [4.78, 5) is 0. The first-order chi connectivity index (χ1) is 5.58. The van der Waals surface area contributed by atoms with Gasteiger partial charge >= 0.3 is 0 Å². The maximum atomic E-state index is 6.02. The minimum atomic E-state index is -0.290. The summed E-state index contributed by atoms with van der Waals surface area (Å²) in [6.07, 6.45) is 3.57. The standard InChI is InChI=1S/C10H24OSi/c1-6-9(4)12-11-10(5,7-2)8-3/h9H,6-8,12H2,1-5H3. The first kappa shape index (κ1) is 12.2. The molecule has 1 nitrogen and oxygen atoms in total. The normalized spacial score (nSPS) is 15.8. The minimum Gasteiger partial charge on any atom is -0.419 e. The van der Waals surface area contributed by atoms with Gasteiger partial charge < -0.3 is 4.43 Å². The molecule has 0 spiro atoms. The molecule has 12 heavy (non-hydrogen) atoms. The summed E-state index contributed by atoms with van der Waals surface area (Å²) in [5.74, 6) is 0. The van der Waals surface area contributed by atoms with Crippen molar-refractivity contribution in [3.8, 4) is 0 Å². The Bertz CT molecular complexity index is 110. The molecule has 0 saturated heterocycles.